The summed E-state index contributed by atoms with van der Waals surface area (Å²) in [4.78, 5) is 4.51. The highest BCUT2D eigenvalue weighted by Gasteiger charge is 2.54. The summed E-state index contributed by atoms with van der Waals surface area (Å²) in [6.07, 6.45) is -3.40. The lowest BCUT2D eigenvalue weighted by atomic mass is 9.95. The maximum atomic E-state index is 12.9. The number of piperazine rings is 1. The van der Waals surface area contributed by atoms with E-state index in [-0.39, 0.29) is 11.0 Å². The van der Waals surface area contributed by atoms with Crippen molar-refractivity contribution in [2.45, 2.75) is 42.5 Å². The van der Waals surface area contributed by atoms with Crippen molar-refractivity contribution in [2.75, 3.05) is 37.7 Å². The van der Waals surface area contributed by atoms with Gasteiger partial charge < -0.3 is 19.5 Å². The molecule has 3 saturated heterocycles. The Labute approximate surface area is 188 Å². The smallest absolute Gasteiger partial charge is 0.297 e. The Balaban J connectivity index is 1.30. The van der Waals surface area contributed by atoms with E-state index < -0.39 is 34.7 Å². The summed E-state index contributed by atoms with van der Waals surface area (Å²) < 4.78 is 42.8. The summed E-state index contributed by atoms with van der Waals surface area (Å²) in [5.74, 6) is 0. The van der Waals surface area contributed by atoms with Crippen molar-refractivity contribution in [3.8, 4) is 0 Å². The Morgan fingerprint density at radius 1 is 1.00 bits per heavy atom. The third-order valence-electron chi connectivity index (χ3n) is 6.47. The van der Waals surface area contributed by atoms with Gasteiger partial charge >= 0.3 is 0 Å². The van der Waals surface area contributed by atoms with E-state index in [0.717, 1.165) is 31.7 Å². The molecule has 0 saturated carbocycles. The molecule has 8 nitrogen and oxygen atoms in total. The lowest BCUT2D eigenvalue weighted by Gasteiger charge is -2.46. The number of hydrogen-bond donors (Lipinski definition) is 1. The number of anilines is 1. The molecule has 3 aliphatic rings. The highest BCUT2D eigenvalue weighted by Crippen LogP contribution is 2.35. The third-order valence-corrected chi connectivity index (χ3v) is 7.80. The number of aliphatic hydroxyl groups excluding tert-OH is 1. The minimum absolute atomic E-state index is 0.0449. The number of aryl methyl sites for hydroxylation is 1. The molecule has 2 aromatic rings. The standard InChI is InChI=1S/C23H28N2O6S/c1-16-7-9-18(10-8-16)32(27,28)31-22-21(26)20(19-15-29-23(22)30-19)25-13-11-24(12-14-25)17-5-3-2-4-6-17/h2-10,19-23,26H,11-15H2,1H3. The Kier molecular flexibility index (Phi) is 5.96. The van der Waals surface area contributed by atoms with E-state index in [4.69, 9.17) is 13.7 Å². The Morgan fingerprint density at radius 3 is 2.38 bits per heavy atom. The van der Waals surface area contributed by atoms with Crippen LogP contribution >= 0.6 is 0 Å². The fraction of sp³-hybridized carbons (Fsp3) is 0.478. The average Bonchev–Trinajstić information content (AvgIpc) is 3.23. The highest BCUT2D eigenvalue weighted by atomic mass is 32.2. The van der Waals surface area contributed by atoms with Crippen LogP contribution in [0.15, 0.2) is 59.5 Å². The summed E-state index contributed by atoms with van der Waals surface area (Å²) >= 11 is 0. The summed E-state index contributed by atoms with van der Waals surface area (Å²) in [7, 11) is -4.08. The van der Waals surface area contributed by atoms with Crippen LogP contribution in [0.1, 0.15) is 5.56 Å². The molecule has 9 heteroatoms. The van der Waals surface area contributed by atoms with Crippen molar-refractivity contribution in [1.29, 1.82) is 0 Å². The van der Waals surface area contributed by atoms with E-state index in [1.54, 1.807) is 12.1 Å². The Bertz CT molecular complexity index is 1020. The van der Waals surface area contributed by atoms with Crippen molar-refractivity contribution >= 4 is 15.8 Å². The second-order valence-corrected chi connectivity index (χ2v) is 10.1. The molecule has 2 bridgehead atoms. The van der Waals surface area contributed by atoms with Gasteiger partial charge in [-0.2, -0.15) is 8.42 Å². The van der Waals surface area contributed by atoms with Gasteiger partial charge in [0.15, 0.2) is 12.4 Å². The fourth-order valence-corrected chi connectivity index (χ4v) is 5.82. The van der Waals surface area contributed by atoms with E-state index >= 15 is 0 Å². The fourth-order valence-electron chi connectivity index (χ4n) is 4.74. The maximum absolute atomic E-state index is 12.9. The van der Waals surface area contributed by atoms with Crippen molar-refractivity contribution in [3.05, 3.63) is 60.2 Å². The molecule has 5 rings (SSSR count). The Hall–Kier alpha value is -2.01. The molecular weight excluding hydrogens is 432 g/mol. The van der Waals surface area contributed by atoms with Gasteiger partial charge in [0.2, 0.25) is 0 Å². The molecule has 0 amide bonds. The topological polar surface area (TPSA) is 88.5 Å². The van der Waals surface area contributed by atoms with E-state index in [9.17, 15) is 13.5 Å². The number of para-hydroxylation sites is 1. The van der Waals surface area contributed by atoms with Gasteiger partial charge in [0.1, 0.15) is 12.2 Å². The van der Waals surface area contributed by atoms with Gasteiger partial charge in [-0.05, 0) is 31.2 Å². The monoisotopic (exact) mass is 460 g/mol. The van der Waals surface area contributed by atoms with Gasteiger partial charge in [-0.25, -0.2) is 0 Å². The lowest BCUT2D eigenvalue weighted by Crippen LogP contribution is -2.64. The molecule has 0 aliphatic carbocycles. The van der Waals surface area contributed by atoms with Gasteiger partial charge in [-0.15, -0.1) is 0 Å². The first kappa shape index (κ1) is 21.8. The zero-order valence-corrected chi connectivity index (χ0v) is 18.7. The van der Waals surface area contributed by atoms with Crippen LogP contribution < -0.4 is 4.90 Å². The summed E-state index contributed by atoms with van der Waals surface area (Å²) in [5.41, 5.74) is 2.11. The first-order valence-corrected chi connectivity index (χ1v) is 12.3. The molecule has 0 radical (unpaired) electrons. The number of fused-ring (bicyclic) bond motifs is 2. The minimum atomic E-state index is -4.08. The number of aliphatic hydroxyl groups is 1. The van der Waals surface area contributed by atoms with Crippen LogP contribution in [0.25, 0.3) is 0 Å². The number of hydrogen-bond acceptors (Lipinski definition) is 8. The van der Waals surface area contributed by atoms with Gasteiger partial charge in [0, 0.05) is 31.9 Å². The minimum Gasteiger partial charge on any atom is -0.388 e. The van der Waals surface area contributed by atoms with E-state index in [1.807, 2.05) is 25.1 Å². The summed E-state index contributed by atoms with van der Waals surface area (Å²) in [6, 6.07) is 16.2. The molecule has 172 valence electrons. The summed E-state index contributed by atoms with van der Waals surface area (Å²) in [5, 5.41) is 11.2. The van der Waals surface area contributed by atoms with Crippen LogP contribution in [0.5, 0.6) is 0 Å². The zero-order chi connectivity index (χ0) is 22.3. The van der Waals surface area contributed by atoms with Crippen LogP contribution in [0, 0.1) is 6.92 Å². The average molecular weight is 461 g/mol. The van der Waals surface area contributed by atoms with Crippen molar-refractivity contribution in [1.82, 2.24) is 4.90 Å². The molecule has 3 aliphatic heterocycles. The highest BCUT2D eigenvalue weighted by molar-refractivity contribution is 7.86. The number of ether oxygens (including phenoxy) is 2. The van der Waals surface area contributed by atoms with Gasteiger partial charge in [-0.3, -0.25) is 9.08 Å². The normalized spacial score (nSPS) is 31.1. The van der Waals surface area contributed by atoms with E-state index in [2.05, 4.69) is 21.9 Å². The maximum Gasteiger partial charge on any atom is 0.297 e. The predicted octanol–water partition coefficient (Wildman–Crippen LogP) is 1.38. The van der Waals surface area contributed by atoms with Crippen molar-refractivity contribution in [3.63, 3.8) is 0 Å². The molecular formula is C23H28N2O6S. The molecule has 1 N–H and O–H groups in total. The van der Waals surface area contributed by atoms with E-state index in [0.29, 0.717) is 6.61 Å². The largest absolute Gasteiger partial charge is 0.388 e. The molecule has 5 atom stereocenters. The predicted molar refractivity (Wildman–Crippen MR) is 118 cm³/mol. The SMILES string of the molecule is Cc1ccc(S(=O)(=O)OC2C3OCC(O3)C(N3CCN(c4ccccc4)CC3)C2O)cc1. The third kappa shape index (κ3) is 4.16. The van der Waals surface area contributed by atoms with Crippen LogP contribution in [0.3, 0.4) is 0 Å². The van der Waals surface area contributed by atoms with Crippen molar-refractivity contribution in [2.24, 2.45) is 0 Å². The van der Waals surface area contributed by atoms with Gasteiger partial charge in [0.25, 0.3) is 10.1 Å². The second kappa shape index (κ2) is 8.74. The van der Waals surface area contributed by atoms with Crippen molar-refractivity contribution < 1.29 is 27.2 Å². The van der Waals surface area contributed by atoms with Crippen LogP contribution in [0.4, 0.5) is 5.69 Å². The number of benzene rings is 2. The summed E-state index contributed by atoms with van der Waals surface area (Å²) in [6.45, 7) is 5.23. The quantitative estimate of drug-likeness (QED) is 0.670. The van der Waals surface area contributed by atoms with Gasteiger partial charge in [0.05, 0.1) is 17.5 Å². The number of nitrogens with zero attached hydrogens (tertiary/aromatic N) is 2. The molecule has 0 aromatic heterocycles. The lowest BCUT2D eigenvalue weighted by molar-refractivity contribution is -0.208. The van der Waals surface area contributed by atoms with Crippen LogP contribution in [-0.2, 0) is 23.8 Å². The van der Waals surface area contributed by atoms with E-state index in [1.165, 1.54) is 17.8 Å². The number of rotatable bonds is 5. The molecule has 5 unspecified atom stereocenters. The molecule has 3 heterocycles. The first-order valence-electron chi connectivity index (χ1n) is 10.9. The molecule has 0 spiro atoms. The van der Waals surface area contributed by atoms with Gasteiger partial charge in [-0.1, -0.05) is 35.9 Å². The molecule has 3 fully saturated rings. The van der Waals surface area contributed by atoms with Crippen LogP contribution in [0.2, 0.25) is 0 Å². The molecule has 2 aromatic carbocycles. The Morgan fingerprint density at radius 2 is 1.69 bits per heavy atom. The first-order chi connectivity index (χ1) is 15.4. The van der Waals surface area contributed by atoms with Crippen LogP contribution in [-0.4, -0.2) is 81.9 Å². The zero-order valence-electron chi connectivity index (χ0n) is 17.9. The molecule has 32 heavy (non-hydrogen) atoms. The second-order valence-electron chi connectivity index (χ2n) is 8.54.